The first-order chi connectivity index (χ1) is 11.6. The fourth-order valence-electron chi connectivity index (χ4n) is 2.85. The van der Waals surface area contributed by atoms with Crippen LogP contribution >= 0.6 is 0 Å². The standard InChI is InChI=1S/C19H24N2O3/c1-16-6-5-9-20-18(16)12-21-10-11-23-14-19(22,13-21)15-24-17-7-3-2-4-8-17/h2-9,22H,10-15H2,1H3. The molecule has 5 heteroatoms. The Balaban J connectivity index is 1.64. The summed E-state index contributed by atoms with van der Waals surface area (Å²) in [5.74, 6) is 0.752. The van der Waals surface area contributed by atoms with Crippen molar-refractivity contribution < 1.29 is 14.6 Å². The molecule has 24 heavy (non-hydrogen) atoms. The van der Waals surface area contributed by atoms with Crippen LogP contribution in [0.2, 0.25) is 0 Å². The fraction of sp³-hybridized carbons (Fsp3) is 0.421. The predicted octanol–water partition coefficient (Wildman–Crippen LogP) is 2.03. The topological polar surface area (TPSA) is 54.8 Å². The van der Waals surface area contributed by atoms with Crippen molar-refractivity contribution in [2.24, 2.45) is 0 Å². The Kier molecular flexibility index (Phi) is 5.45. The van der Waals surface area contributed by atoms with Crippen LogP contribution in [0.4, 0.5) is 0 Å². The molecule has 1 aromatic carbocycles. The molecule has 1 fully saturated rings. The van der Waals surface area contributed by atoms with E-state index >= 15 is 0 Å². The average Bonchev–Trinajstić information content (AvgIpc) is 2.78. The fourth-order valence-corrected chi connectivity index (χ4v) is 2.85. The lowest BCUT2D eigenvalue weighted by molar-refractivity contribution is -0.0647. The molecule has 128 valence electrons. The van der Waals surface area contributed by atoms with Gasteiger partial charge in [-0.1, -0.05) is 24.3 Å². The highest BCUT2D eigenvalue weighted by Crippen LogP contribution is 2.18. The van der Waals surface area contributed by atoms with Crippen LogP contribution in [-0.4, -0.2) is 53.5 Å². The van der Waals surface area contributed by atoms with Gasteiger partial charge in [0.15, 0.2) is 0 Å². The number of nitrogens with zero attached hydrogens (tertiary/aromatic N) is 2. The van der Waals surface area contributed by atoms with Crippen LogP contribution in [0.25, 0.3) is 0 Å². The number of aromatic nitrogens is 1. The molecule has 2 heterocycles. The molecule has 0 amide bonds. The molecule has 3 rings (SSSR count). The molecule has 0 bridgehead atoms. The van der Waals surface area contributed by atoms with Crippen LogP contribution in [0.3, 0.4) is 0 Å². The summed E-state index contributed by atoms with van der Waals surface area (Å²) in [6, 6.07) is 13.5. The number of aryl methyl sites for hydroxylation is 1. The molecule has 0 saturated carbocycles. The molecule has 2 aromatic rings. The van der Waals surface area contributed by atoms with Crippen molar-refractivity contribution in [3.8, 4) is 5.75 Å². The minimum absolute atomic E-state index is 0.203. The quantitative estimate of drug-likeness (QED) is 0.910. The van der Waals surface area contributed by atoms with Crippen molar-refractivity contribution in [1.82, 2.24) is 9.88 Å². The summed E-state index contributed by atoms with van der Waals surface area (Å²) in [5, 5.41) is 10.9. The van der Waals surface area contributed by atoms with E-state index in [-0.39, 0.29) is 13.2 Å². The van der Waals surface area contributed by atoms with Crippen LogP contribution in [0, 0.1) is 6.92 Å². The van der Waals surface area contributed by atoms with E-state index in [0.717, 1.165) is 23.6 Å². The van der Waals surface area contributed by atoms with Gasteiger partial charge in [0.25, 0.3) is 0 Å². The molecule has 1 atom stereocenters. The van der Waals surface area contributed by atoms with Crippen LogP contribution < -0.4 is 4.74 Å². The maximum Gasteiger partial charge on any atom is 0.134 e. The summed E-state index contributed by atoms with van der Waals surface area (Å²) < 4.78 is 11.4. The van der Waals surface area contributed by atoms with Gasteiger partial charge in [0.1, 0.15) is 18.0 Å². The molecule has 0 spiro atoms. The highest BCUT2D eigenvalue weighted by molar-refractivity contribution is 5.21. The second kappa shape index (κ2) is 7.75. The average molecular weight is 328 g/mol. The molecule has 1 aliphatic rings. The van der Waals surface area contributed by atoms with Crippen LogP contribution in [0.5, 0.6) is 5.75 Å². The monoisotopic (exact) mass is 328 g/mol. The van der Waals surface area contributed by atoms with Crippen LogP contribution in [-0.2, 0) is 11.3 Å². The number of benzene rings is 1. The third-order valence-electron chi connectivity index (χ3n) is 4.18. The minimum Gasteiger partial charge on any atom is -0.490 e. The molecule has 5 nitrogen and oxygen atoms in total. The smallest absolute Gasteiger partial charge is 0.134 e. The zero-order valence-electron chi connectivity index (χ0n) is 14.0. The second-order valence-electron chi connectivity index (χ2n) is 6.36. The first-order valence-corrected chi connectivity index (χ1v) is 8.25. The summed E-state index contributed by atoms with van der Waals surface area (Å²) in [5.41, 5.74) is 1.16. The maximum atomic E-state index is 10.9. The Labute approximate surface area is 142 Å². The maximum absolute atomic E-state index is 10.9. The number of β-amino-alcohol motifs (C(OH)–C–C–N with tert-alkyl or cyclic N) is 1. The van der Waals surface area contributed by atoms with Crippen molar-refractivity contribution in [2.45, 2.75) is 19.1 Å². The summed E-state index contributed by atoms with van der Waals surface area (Å²) in [6.45, 7) is 5.09. The van der Waals surface area contributed by atoms with Crippen molar-refractivity contribution in [3.05, 3.63) is 59.9 Å². The van der Waals surface area contributed by atoms with Gasteiger partial charge in [-0.25, -0.2) is 0 Å². The van der Waals surface area contributed by atoms with E-state index in [1.54, 1.807) is 6.20 Å². The molecular formula is C19H24N2O3. The Hall–Kier alpha value is -1.95. The van der Waals surface area contributed by atoms with Gasteiger partial charge in [-0.15, -0.1) is 0 Å². The van der Waals surface area contributed by atoms with Crippen LogP contribution in [0.15, 0.2) is 48.7 Å². The van der Waals surface area contributed by atoms with Gasteiger partial charge >= 0.3 is 0 Å². The molecule has 1 unspecified atom stereocenters. The van der Waals surface area contributed by atoms with E-state index in [2.05, 4.69) is 22.9 Å². The van der Waals surface area contributed by atoms with Crippen molar-refractivity contribution in [3.63, 3.8) is 0 Å². The number of para-hydroxylation sites is 1. The lowest BCUT2D eigenvalue weighted by atomic mass is 10.1. The Morgan fingerprint density at radius 3 is 2.88 bits per heavy atom. The summed E-state index contributed by atoms with van der Waals surface area (Å²) in [4.78, 5) is 6.63. The normalized spacial score (nSPS) is 22.1. The van der Waals surface area contributed by atoms with E-state index in [9.17, 15) is 5.11 Å². The zero-order valence-corrected chi connectivity index (χ0v) is 14.0. The number of rotatable bonds is 5. The van der Waals surface area contributed by atoms with Gasteiger partial charge in [-0.05, 0) is 30.7 Å². The third-order valence-corrected chi connectivity index (χ3v) is 4.18. The Morgan fingerprint density at radius 1 is 1.25 bits per heavy atom. The number of pyridine rings is 1. The lowest BCUT2D eigenvalue weighted by Crippen LogP contribution is -2.48. The van der Waals surface area contributed by atoms with Crippen molar-refractivity contribution >= 4 is 0 Å². The third kappa shape index (κ3) is 4.54. The number of ether oxygens (including phenoxy) is 2. The Morgan fingerprint density at radius 2 is 2.08 bits per heavy atom. The van der Waals surface area contributed by atoms with Gasteiger partial charge in [0, 0.05) is 25.8 Å². The largest absolute Gasteiger partial charge is 0.490 e. The number of aliphatic hydroxyl groups is 1. The Bertz CT molecular complexity index is 650. The van der Waals surface area contributed by atoms with Gasteiger partial charge in [0.05, 0.1) is 18.9 Å². The number of hydrogen-bond donors (Lipinski definition) is 1. The van der Waals surface area contributed by atoms with Crippen molar-refractivity contribution in [2.75, 3.05) is 32.9 Å². The summed E-state index contributed by atoms with van der Waals surface area (Å²) in [7, 11) is 0. The lowest BCUT2D eigenvalue weighted by Gasteiger charge is -2.30. The van der Waals surface area contributed by atoms with Crippen LogP contribution in [0.1, 0.15) is 11.3 Å². The van der Waals surface area contributed by atoms with Gasteiger partial charge in [-0.3, -0.25) is 9.88 Å². The molecule has 0 aliphatic carbocycles. The van der Waals surface area contributed by atoms with Gasteiger partial charge in [0.2, 0.25) is 0 Å². The van der Waals surface area contributed by atoms with Crippen molar-refractivity contribution in [1.29, 1.82) is 0 Å². The van der Waals surface area contributed by atoms with E-state index in [1.165, 1.54) is 0 Å². The zero-order chi connectivity index (χ0) is 16.8. The second-order valence-corrected chi connectivity index (χ2v) is 6.36. The minimum atomic E-state index is -1.03. The molecule has 0 radical (unpaired) electrons. The van der Waals surface area contributed by atoms with E-state index in [0.29, 0.717) is 19.7 Å². The number of hydrogen-bond acceptors (Lipinski definition) is 5. The van der Waals surface area contributed by atoms with E-state index in [4.69, 9.17) is 9.47 Å². The van der Waals surface area contributed by atoms with Gasteiger partial charge < -0.3 is 14.6 Å². The molecule has 1 saturated heterocycles. The van der Waals surface area contributed by atoms with E-state index in [1.807, 2.05) is 36.4 Å². The first kappa shape index (κ1) is 16.9. The molecular weight excluding hydrogens is 304 g/mol. The summed E-state index contributed by atoms with van der Waals surface area (Å²) in [6.07, 6.45) is 1.81. The SMILES string of the molecule is Cc1cccnc1CN1CCOCC(O)(COc2ccccc2)C1. The first-order valence-electron chi connectivity index (χ1n) is 8.25. The summed E-state index contributed by atoms with van der Waals surface area (Å²) >= 11 is 0. The highest BCUT2D eigenvalue weighted by atomic mass is 16.5. The predicted molar refractivity (Wildman–Crippen MR) is 92.0 cm³/mol. The highest BCUT2D eigenvalue weighted by Gasteiger charge is 2.33. The molecule has 1 aromatic heterocycles. The molecule has 1 N–H and O–H groups in total. The molecule has 1 aliphatic heterocycles. The van der Waals surface area contributed by atoms with E-state index < -0.39 is 5.60 Å². The van der Waals surface area contributed by atoms with Gasteiger partial charge in [-0.2, -0.15) is 0 Å².